The number of halogens is 3. The van der Waals surface area contributed by atoms with E-state index in [2.05, 4.69) is 9.88 Å². The number of piperidine rings is 1. The van der Waals surface area contributed by atoms with Crippen molar-refractivity contribution in [3.63, 3.8) is 0 Å². The van der Waals surface area contributed by atoms with Crippen molar-refractivity contribution in [2.75, 3.05) is 18.1 Å². The molecule has 0 unspecified atom stereocenters. The average Bonchev–Trinajstić information content (AvgIpc) is 3.36. The van der Waals surface area contributed by atoms with E-state index in [4.69, 9.17) is 14.2 Å². The third-order valence-corrected chi connectivity index (χ3v) is 6.36. The van der Waals surface area contributed by atoms with E-state index in [0.29, 0.717) is 19.0 Å². The second kappa shape index (κ2) is 7.98. The largest absolute Gasteiger partial charge is 0.490 e. The van der Waals surface area contributed by atoms with Gasteiger partial charge in [0.05, 0.1) is 24.3 Å². The van der Waals surface area contributed by atoms with Crippen LogP contribution in [0.3, 0.4) is 0 Å². The van der Waals surface area contributed by atoms with Crippen molar-refractivity contribution < 1.29 is 27.4 Å². The van der Waals surface area contributed by atoms with Crippen LogP contribution in [-0.2, 0) is 15.7 Å². The van der Waals surface area contributed by atoms with Crippen LogP contribution in [0.4, 0.5) is 19.0 Å². The Kier molecular flexibility index (Phi) is 5.30. The highest BCUT2D eigenvalue weighted by atomic mass is 19.4. The summed E-state index contributed by atoms with van der Waals surface area (Å²) in [5, 5.41) is 0. The van der Waals surface area contributed by atoms with Gasteiger partial charge in [0.2, 0.25) is 0 Å². The summed E-state index contributed by atoms with van der Waals surface area (Å²) in [6, 6.07) is 9.06. The normalized spacial score (nSPS) is 26.5. The first-order chi connectivity index (χ1) is 14.9. The van der Waals surface area contributed by atoms with E-state index in [9.17, 15) is 13.2 Å². The van der Waals surface area contributed by atoms with Crippen molar-refractivity contribution in [3.05, 3.63) is 53.2 Å². The molecule has 0 amide bonds. The molecule has 0 aliphatic carbocycles. The fraction of sp³-hybridized carbons (Fsp3) is 0.522. The van der Waals surface area contributed by atoms with Gasteiger partial charge in [-0.05, 0) is 44.0 Å². The zero-order valence-electron chi connectivity index (χ0n) is 17.3. The third-order valence-electron chi connectivity index (χ3n) is 6.36. The topological polar surface area (TPSA) is 43.8 Å². The van der Waals surface area contributed by atoms with Crippen LogP contribution in [0, 0.1) is 6.92 Å². The quantitative estimate of drug-likeness (QED) is 0.675. The first kappa shape index (κ1) is 20.6. The third kappa shape index (κ3) is 4.11. The van der Waals surface area contributed by atoms with Gasteiger partial charge in [0.25, 0.3) is 0 Å². The number of fused-ring (bicyclic) bond motifs is 2. The number of aryl methyl sites for hydroxylation is 1. The highest BCUT2D eigenvalue weighted by Crippen LogP contribution is 2.41. The van der Waals surface area contributed by atoms with Crippen LogP contribution >= 0.6 is 0 Å². The van der Waals surface area contributed by atoms with Gasteiger partial charge in [0.15, 0.2) is 6.29 Å². The lowest BCUT2D eigenvalue weighted by Gasteiger charge is -2.40. The molecule has 1 aromatic heterocycles. The van der Waals surface area contributed by atoms with E-state index in [1.54, 1.807) is 0 Å². The molecule has 166 valence electrons. The molecule has 31 heavy (non-hydrogen) atoms. The zero-order chi connectivity index (χ0) is 21.6. The highest BCUT2D eigenvalue weighted by molar-refractivity contribution is 5.45. The van der Waals surface area contributed by atoms with Gasteiger partial charge in [-0.2, -0.15) is 13.2 Å². The highest BCUT2D eigenvalue weighted by Gasteiger charge is 2.43. The summed E-state index contributed by atoms with van der Waals surface area (Å²) >= 11 is 0. The fourth-order valence-corrected chi connectivity index (χ4v) is 4.98. The summed E-state index contributed by atoms with van der Waals surface area (Å²) in [7, 11) is 0. The molecular weight excluding hydrogens is 409 g/mol. The van der Waals surface area contributed by atoms with Gasteiger partial charge in [0, 0.05) is 31.1 Å². The molecule has 3 aliphatic heterocycles. The van der Waals surface area contributed by atoms with Crippen LogP contribution in [0.25, 0.3) is 0 Å². The van der Waals surface area contributed by atoms with Crippen LogP contribution in [0.5, 0.6) is 5.75 Å². The minimum atomic E-state index is -4.37. The van der Waals surface area contributed by atoms with Gasteiger partial charge < -0.3 is 19.1 Å². The van der Waals surface area contributed by atoms with Crippen LogP contribution in [0.15, 0.2) is 36.5 Å². The van der Waals surface area contributed by atoms with Crippen molar-refractivity contribution in [2.24, 2.45) is 0 Å². The van der Waals surface area contributed by atoms with Crippen molar-refractivity contribution in [3.8, 4) is 5.75 Å². The predicted octanol–water partition coefficient (Wildman–Crippen LogP) is 5.03. The SMILES string of the molecule is Cc1ccc(O[C@H]2C[C@H]3CC[C@@H](C2)N3c2ccc(C(F)(F)F)cn2)c(C2OCCO2)c1. The lowest BCUT2D eigenvalue weighted by molar-refractivity contribution is -0.137. The van der Waals surface area contributed by atoms with E-state index in [1.165, 1.54) is 6.07 Å². The maximum atomic E-state index is 12.9. The van der Waals surface area contributed by atoms with E-state index in [1.807, 2.05) is 25.1 Å². The first-order valence-corrected chi connectivity index (χ1v) is 10.7. The Balaban J connectivity index is 1.31. The number of aromatic nitrogens is 1. The lowest BCUT2D eigenvalue weighted by atomic mass is 9.99. The number of benzene rings is 1. The van der Waals surface area contributed by atoms with Gasteiger partial charge >= 0.3 is 6.18 Å². The molecule has 3 saturated heterocycles. The van der Waals surface area contributed by atoms with Gasteiger partial charge in [-0.3, -0.25) is 0 Å². The molecule has 3 atom stereocenters. The summed E-state index contributed by atoms with van der Waals surface area (Å²) in [4.78, 5) is 6.31. The second-order valence-corrected chi connectivity index (χ2v) is 8.52. The number of alkyl halides is 3. The van der Waals surface area contributed by atoms with Crippen LogP contribution in [0.1, 0.15) is 48.7 Å². The molecule has 2 aromatic rings. The molecule has 0 N–H and O–H groups in total. The summed E-state index contributed by atoms with van der Waals surface area (Å²) in [6.45, 7) is 3.17. The molecule has 8 heteroatoms. The Bertz CT molecular complexity index is 915. The number of hydrogen-bond acceptors (Lipinski definition) is 5. The number of pyridine rings is 1. The fourth-order valence-electron chi connectivity index (χ4n) is 4.98. The van der Waals surface area contributed by atoms with Crippen molar-refractivity contribution >= 4 is 5.82 Å². The van der Waals surface area contributed by atoms with Gasteiger partial charge in [-0.25, -0.2) is 4.98 Å². The standard InChI is InChI=1S/C23H25F3N2O3/c1-14-2-6-20(19(10-14)22-29-8-9-30-22)31-18-11-16-4-5-17(12-18)28(16)21-7-3-15(13-27-21)23(24,25)26/h2-3,6-7,10,13,16-18,22H,4-5,8-9,11-12H2,1H3/t16-,17+,18+. The molecule has 0 spiro atoms. The van der Waals surface area contributed by atoms with E-state index in [0.717, 1.165) is 54.8 Å². The number of ether oxygens (including phenoxy) is 3. The smallest absolute Gasteiger partial charge is 0.417 e. The Morgan fingerprint density at radius 3 is 2.35 bits per heavy atom. The van der Waals surface area contributed by atoms with Crippen molar-refractivity contribution in [1.82, 2.24) is 4.98 Å². The number of anilines is 1. The van der Waals surface area contributed by atoms with Gasteiger partial charge in [0.1, 0.15) is 17.7 Å². The number of hydrogen-bond donors (Lipinski definition) is 0. The summed E-state index contributed by atoms with van der Waals surface area (Å²) in [6.07, 6.45) is -0.223. The summed E-state index contributed by atoms with van der Waals surface area (Å²) in [5.41, 5.74) is 1.31. The minimum Gasteiger partial charge on any atom is -0.490 e. The minimum absolute atomic E-state index is 0.0334. The molecule has 3 aliphatic rings. The number of nitrogens with zero attached hydrogens (tertiary/aromatic N) is 2. The molecule has 5 nitrogen and oxygen atoms in total. The molecule has 5 rings (SSSR count). The second-order valence-electron chi connectivity index (χ2n) is 8.52. The maximum absolute atomic E-state index is 12.9. The lowest BCUT2D eigenvalue weighted by Crippen LogP contribution is -2.47. The van der Waals surface area contributed by atoms with Crippen molar-refractivity contribution in [1.29, 1.82) is 0 Å². The Labute approximate surface area is 179 Å². The Morgan fingerprint density at radius 1 is 1.03 bits per heavy atom. The van der Waals surface area contributed by atoms with Gasteiger partial charge in [-0.15, -0.1) is 0 Å². The average molecular weight is 434 g/mol. The van der Waals surface area contributed by atoms with E-state index < -0.39 is 18.0 Å². The molecular formula is C23H25F3N2O3. The molecule has 3 fully saturated rings. The Morgan fingerprint density at radius 2 is 1.74 bits per heavy atom. The van der Waals surface area contributed by atoms with Crippen molar-refractivity contribution in [2.45, 2.75) is 63.3 Å². The Hall–Kier alpha value is -2.32. The maximum Gasteiger partial charge on any atom is 0.417 e. The molecule has 1 aromatic carbocycles. The molecule has 0 saturated carbocycles. The molecule has 2 bridgehead atoms. The monoisotopic (exact) mass is 434 g/mol. The van der Waals surface area contributed by atoms with Crippen LogP contribution < -0.4 is 9.64 Å². The van der Waals surface area contributed by atoms with Gasteiger partial charge in [-0.1, -0.05) is 11.6 Å². The van der Waals surface area contributed by atoms with E-state index >= 15 is 0 Å². The van der Waals surface area contributed by atoms with E-state index in [-0.39, 0.29) is 18.2 Å². The van der Waals surface area contributed by atoms with Crippen LogP contribution in [-0.4, -0.2) is 36.4 Å². The molecule has 4 heterocycles. The number of rotatable bonds is 4. The predicted molar refractivity (Wildman–Crippen MR) is 108 cm³/mol. The van der Waals surface area contributed by atoms with Crippen LogP contribution in [0.2, 0.25) is 0 Å². The first-order valence-electron chi connectivity index (χ1n) is 10.7. The zero-order valence-corrected chi connectivity index (χ0v) is 17.3. The molecule has 0 radical (unpaired) electrons. The summed E-state index contributed by atoms with van der Waals surface area (Å²) < 4.78 is 56.4. The summed E-state index contributed by atoms with van der Waals surface area (Å²) in [5.74, 6) is 1.39.